The van der Waals surface area contributed by atoms with E-state index in [1.165, 1.54) is 12.8 Å². The average molecular weight is 315 g/mol. The molecule has 2 fully saturated rings. The van der Waals surface area contributed by atoms with Gasteiger partial charge >= 0.3 is 0 Å². The van der Waals surface area contributed by atoms with Gasteiger partial charge in [0.1, 0.15) is 11.6 Å². The van der Waals surface area contributed by atoms with E-state index in [2.05, 4.69) is 38.3 Å². The lowest BCUT2D eigenvalue weighted by atomic mass is 10.0. The maximum atomic E-state index is 4.73. The van der Waals surface area contributed by atoms with Crippen molar-refractivity contribution >= 4 is 22.5 Å². The number of hydrogen-bond donors (Lipinski definition) is 0. The van der Waals surface area contributed by atoms with Crippen molar-refractivity contribution in [1.29, 1.82) is 0 Å². The molecule has 1 saturated carbocycles. The molecule has 0 atom stereocenters. The van der Waals surface area contributed by atoms with Crippen molar-refractivity contribution in [2.24, 2.45) is 0 Å². The second-order valence-corrected chi connectivity index (χ2v) is 6.96. The minimum atomic E-state index is 0.557. The van der Waals surface area contributed by atoms with Crippen LogP contribution >= 0.6 is 11.5 Å². The van der Waals surface area contributed by atoms with Crippen LogP contribution in [0.3, 0.4) is 0 Å². The molecule has 2 aliphatic rings. The lowest BCUT2D eigenvalue weighted by molar-refractivity contribution is 0.479. The molecule has 4 rings (SSSR count). The van der Waals surface area contributed by atoms with Gasteiger partial charge in [-0.05, 0) is 37.8 Å². The Morgan fingerprint density at radius 2 is 2.00 bits per heavy atom. The molecular formula is C16H21N5S. The summed E-state index contributed by atoms with van der Waals surface area (Å²) in [5.41, 5.74) is 0. The van der Waals surface area contributed by atoms with E-state index in [0.717, 1.165) is 42.7 Å². The van der Waals surface area contributed by atoms with Gasteiger partial charge in [-0.3, -0.25) is 0 Å². The molecule has 0 aromatic carbocycles. The SMILES string of the molecule is CN(c1ccccn1)C1CCN(c2nc(C3CC3)ns2)CC1. The average Bonchev–Trinajstić information content (AvgIpc) is 3.32. The molecule has 1 saturated heterocycles. The van der Waals surface area contributed by atoms with Gasteiger partial charge in [0.05, 0.1) is 0 Å². The van der Waals surface area contributed by atoms with E-state index >= 15 is 0 Å². The number of piperidine rings is 1. The Morgan fingerprint density at radius 3 is 2.68 bits per heavy atom. The first-order valence-electron chi connectivity index (χ1n) is 8.03. The van der Waals surface area contributed by atoms with Crippen molar-refractivity contribution in [2.45, 2.75) is 37.6 Å². The molecule has 2 aromatic heterocycles. The van der Waals surface area contributed by atoms with Crippen molar-refractivity contribution in [2.75, 3.05) is 29.9 Å². The molecule has 1 aliphatic heterocycles. The fraction of sp³-hybridized carbons (Fsp3) is 0.562. The number of rotatable bonds is 4. The summed E-state index contributed by atoms with van der Waals surface area (Å²) < 4.78 is 4.52. The highest BCUT2D eigenvalue weighted by atomic mass is 32.1. The third-order valence-electron chi connectivity index (χ3n) is 4.67. The molecule has 2 aromatic rings. The van der Waals surface area contributed by atoms with Crippen molar-refractivity contribution in [1.82, 2.24) is 14.3 Å². The van der Waals surface area contributed by atoms with Crippen molar-refractivity contribution in [3.8, 4) is 0 Å². The predicted molar refractivity (Wildman–Crippen MR) is 89.8 cm³/mol. The summed E-state index contributed by atoms with van der Waals surface area (Å²) in [5.74, 6) is 2.79. The van der Waals surface area contributed by atoms with Gasteiger partial charge in [-0.15, -0.1) is 0 Å². The summed E-state index contributed by atoms with van der Waals surface area (Å²) in [4.78, 5) is 13.9. The molecule has 3 heterocycles. The van der Waals surface area contributed by atoms with Gasteiger partial charge in [0.25, 0.3) is 0 Å². The van der Waals surface area contributed by atoms with E-state index in [4.69, 9.17) is 4.98 Å². The lowest BCUT2D eigenvalue weighted by Crippen LogP contribution is -2.43. The van der Waals surface area contributed by atoms with Crippen LogP contribution in [0.25, 0.3) is 0 Å². The Balaban J connectivity index is 1.37. The van der Waals surface area contributed by atoms with E-state index in [1.807, 2.05) is 12.3 Å². The van der Waals surface area contributed by atoms with Gasteiger partial charge in [-0.1, -0.05) is 6.07 Å². The van der Waals surface area contributed by atoms with Crippen LogP contribution in [-0.2, 0) is 0 Å². The Morgan fingerprint density at radius 1 is 1.18 bits per heavy atom. The van der Waals surface area contributed by atoms with Gasteiger partial charge in [-0.25, -0.2) is 9.97 Å². The highest BCUT2D eigenvalue weighted by Crippen LogP contribution is 2.40. The molecule has 0 unspecified atom stereocenters. The maximum Gasteiger partial charge on any atom is 0.205 e. The Kier molecular flexibility index (Phi) is 3.70. The zero-order valence-electron chi connectivity index (χ0n) is 12.9. The van der Waals surface area contributed by atoms with Crippen LogP contribution in [0.5, 0.6) is 0 Å². The first-order valence-corrected chi connectivity index (χ1v) is 8.81. The van der Waals surface area contributed by atoms with Crippen LogP contribution in [-0.4, -0.2) is 40.5 Å². The predicted octanol–water partition coefficient (Wildman–Crippen LogP) is 2.92. The highest BCUT2D eigenvalue weighted by Gasteiger charge is 2.30. The largest absolute Gasteiger partial charge is 0.357 e. The van der Waals surface area contributed by atoms with Crippen LogP contribution in [0.4, 0.5) is 10.9 Å². The summed E-state index contributed by atoms with van der Waals surface area (Å²) in [6, 6.07) is 6.66. The highest BCUT2D eigenvalue weighted by molar-refractivity contribution is 7.09. The summed E-state index contributed by atoms with van der Waals surface area (Å²) in [5, 5.41) is 1.11. The Bertz CT molecular complexity index is 616. The van der Waals surface area contributed by atoms with Crippen LogP contribution in [0.2, 0.25) is 0 Å². The standard InChI is InChI=1S/C16H21N5S/c1-20(14-4-2-3-9-17-14)13-7-10-21(11-8-13)16-18-15(19-22-16)12-5-6-12/h2-4,9,12-13H,5-8,10-11H2,1H3. The van der Waals surface area contributed by atoms with Crippen LogP contribution < -0.4 is 9.80 Å². The lowest BCUT2D eigenvalue weighted by Gasteiger charge is -2.37. The quantitative estimate of drug-likeness (QED) is 0.868. The Hall–Kier alpha value is -1.69. The fourth-order valence-corrected chi connectivity index (χ4v) is 3.85. The smallest absolute Gasteiger partial charge is 0.205 e. The zero-order valence-corrected chi connectivity index (χ0v) is 13.7. The molecule has 5 nitrogen and oxygen atoms in total. The minimum absolute atomic E-state index is 0.557. The molecule has 0 amide bonds. The second kappa shape index (κ2) is 5.83. The molecule has 22 heavy (non-hydrogen) atoms. The van der Waals surface area contributed by atoms with Gasteiger partial charge in [0.15, 0.2) is 0 Å². The summed E-state index contributed by atoms with van der Waals surface area (Å²) in [6.45, 7) is 2.11. The second-order valence-electron chi connectivity index (χ2n) is 6.23. The topological polar surface area (TPSA) is 45.2 Å². The first-order chi connectivity index (χ1) is 10.8. The number of anilines is 2. The normalized spacial score (nSPS) is 19.4. The molecule has 0 spiro atoms. The van der Waals surface area contributed by atoms with Gasteiger partial charge in [0.2, 0.25) is 5.13 Å². The van der Waals surface area contributed by atoms with Crippen molar-refractivity contribution in [3.63, 3.8) is 0 Å². The monoisotopic (exact) mass is 315 g/mol. The molecule has 1 aliphatic carbocycles. The van der Waals surface area contributed by atoms with Crippen LogP contribution in [0, 0.1) is 0 Å². The zero-order chi connectivity index (χ0) is 14.9. The van der Waals surface area contributed by atoms with Gasteiger partial charge < -0.3 is 9.80 Å². The van der Waals surface area contributed by atoms with Gasteiger partial charge in [-0.2, -0.15) is 4.37 Å². The van der Waals surface area contributed by atoms with E-state index in [9.17, 15) is 0 Å². The minimum Gasteiger partial charge on any atom is -0.357 e. The number of nitrogens with zero attached hydrogens (tertiary/aromatic N) is 5. The maximum absolute atomic E-state index is 4.73. The van der Waals surface area contributed by atoms with Crippen molar-refractivity contribution in [3.05, 3.63) is 30.2 Å². The summed E-state index contributed by atoms with van der Waals surface area (Å²) in [6.07, 6.45) is 6.69. The van der Waals surface area contributed by atoms with E-state index in [0.29, 0.717) is 12.0 Å². The van der Waals surface area contributed by atoms with Crippen LogP contribution in [0.1, 0.15) is 37.4 Å². The first kappa shape index (κ1) is 13.9. The fourth-order valence-electron chi connectivity index (χ4n) is 3.06. The number of hydrogen-bond acceptors (Lipinski definition) is 6. The summed E-state index contributed by atoms with van der Waals surface area (Å²) in [7, 11) is 2.15. The third-order valence-corrected chi connectivity index (χ3v) is 5.46. The molecule has 0 N–H and O–H groups in total. The molecule has 0 bridgehead atoms. The van der Waals surface area contributed by atoms with E-state index < -0.39 is 0 Å². The molecular weight excluding hydrogens is 294 g/mol. The van der Waals surface area contributed by atoms with Gasteiger partial charge in [0, 0.05) is 49.8 Å². The number of pyridine rings is 1. The summed E-state index contributed by atoms with van der Waals surface area (Å²) >= 11 is 1.57. The van der Waals surface area contributed by atoms with Crippen LogP contribution in [0.15, 0.2) is 24.4 Å². The van der Waals surface area contributed by atoms with E-state index in [-0.39, 0.29) is 0 Å². The molecule has 6 heteroatoms. The third kappa shape index (κ3) is 2.79. The Labute approximate surface area is 135 Å². The number of aromatic nitrogens is 3. The molecule has 116 valence electrons. The van der Waals surface area contributed by atoms with E-state index in [1.54, 1.807) is 11.5 Å². The molecule has 0 radical (unpaired) electrons. The van der Waals surface area contributed by atoms with Crippen molar-refractivity contribution < 1.29 is 0 Å².